The van der Waals surface area contributed by atoms with Crippen molar-refractivity contribution in [3.63, 3.8) is 0 Å². The van der Waals surface area contributed by atoms with Crippen molar-refractivity contribution in [2.75, 3.05) is 4.72 Å². The Kier molecular flexibility index (Phi) is 4.29. The molecule has 6 nitrogen and oxygen atoms in total. The van der Waals surface area contributed by atoms with Gasteiger partial charge in [0.25, 0.3) is 0 Å². The molecule has 0 spiro atoms. The third-order valence-corrected chi connectivity index (χ3v) is 4.34. The fourth-order valence-electron chi connectivity index (χ4n) is 2.19. The molecule has 0 amide bonds. The van der Waals surface area contributed by atoms with E-state index in [2.05, 4.69) is 14.6 Å². The van der Waals surface area contributed by atoms with Crippen LogP contribution < -0.4 is 9.46 Å². The SMILES string of the molecule is O=S(=O)(Cc1noc2ccccc12)Nc1ccccc1OC(F)(F)F. The molecule has 0 aliphatic rings. The van der Waals surface area contributed by atoms with Gasteiger partial charge in [0, 0.05) is 5.39 Å². The molecular weight excluding hydrogens is 361 g/mol. The van der Waals surface area contributed by atoms with Gasteiger partial charge in [-0.1, -0.05) is 29.4 Å². The molecule has 1 heterocycles. The van der Waals surface area contributed by atoms with Crippen molar-refractivity contribution in [1.82, 2.24) is 5.16 Å². The summed E-state index contributed by atoms with van der Waals surface area (Å²) in [6, 6.07) is 11.5. The Morgan fingerprint density at radius 1 is 1.08 bits per heavy atom. The molecule has 0 radical (unpaired) electrons. The van der Waals surface area contributed by atoms with Crippen LogP contribution >= 0.6 is 0 Å². The monoisotopic (exact) mass is 372 g/mol. The van der Waals surface area contributed by atoms with Crippen LogP contribution in [0.25, 0.3) is 11.0 Å². The molecule has 0 atom stereocenters. The van der Waals surface area contributed by atoms with E-state index in [1.54, 1.807) is 24.3 Å². The van der Waals surface area contributed by atoms with Crippen molar-refractivity contribution in [3.05, 3.63) is 54.2 Å². The van der Waals surface area contributed by atoms with Gasteiger partial charge in [-0.05, 0) is 24.3 Å². The summed E-state index contributed by atoms with van der Waals surface area (Å²) in [7, 11) is -4.05. The Bertz CT molecular complexity index is 999. The first-order chi connectivity index (χ1) is 11.7. The number of nitrogens with zero attached hydrogens (tertiary/aromatic N) is 1. The molecule has 1 aromatic heterocycles. The second-order valence-electron chi connectivity index (χ2n) is 5.03. The molecule has 10 heteroatoms. The van der Waals surface area contributed by atoms with E-state index < -0.39 is 27.9 Å². The normalized spacial score (nSPS) is 12.3. The van der Waals surface area contributed by atoms with Gasteiger partial charge in [-0.25, -0.2) is 8.42 Å². The lowest BCUT2D eigenvalue weighted by Crippen LogP contribution is -2.20. The molecule has 25 heavy (non-hydrogen) atoms. The lowest BCUT2D eigenvalue weighted by molar-refractivity contribution is -0.274. The minimum atomic E-state index is -4.94. The topological polar surface area (TPSA) is 81.4 Å². The molecule has 3 aromatic rings. The van der Waals surface area contributed by atoms with Crippen LogP contribution in [-0.2, 0) is 15.8 Å². The maximum atomic E-state index is 12.4. The average molecular weight is 372 g/mol. The first kappa shape index (κ1) is 17.1. The summed E-state index contributed by atoms with van der Waals surface area (Å²) < 4.78 is 72.8. The van der Waals surface area contributed by atoms with E-state index in [9.17, 15) is 21.6 Å². The molecule has 1 N–H and O–H groups in total. The van der Waals surface area contributed by atoms with Gasteiger partial charge in [0.05, 0.1) is 5.69 Å². The van der Waals surface area contributed by atoms with E-state index in [0.717, 1.165) is 6.07 Å². The fourth-order valence-corrected chi connectivity index (χ4v) is 3.33. The number of hydrogen-bond donors (Lipinski definition) is 1. The number of aromatic nitrogens is 1. The van der Waals surface area contributed by atoms with Crippen LogP contribution in [0, 0.1) is 0 Å². The lowest BCUT2D eigenvalue weighted by atomic mass is 10.2. The molecule has 2 aromatic carbocycles. The Morgan fingerprint density at radius 3 is 2.52 bits per heavy atom. The van der Waals surface area contributed by atoms with Crippen LogP contribution in [0.3, 0.4) is 0 Å². The minimum Gasteiger partial charge on any atom is -0.404 e. The number of fused-ring (bicyclic) bond motifs is 1. The van der Waals surface area contributed by atoms with Crippen LogP contribution in [0.4, 0.5) is 18.9 Å². The van der Waals surface area contributed by atoms with Gasteiger partial charge in [0.2, 0.25) is 10.0 Å². The maximum Gasteiger partial charge on any atom is 0.573 e. The second kappa shape index (κ2) is 6.28. The van der Waals surface area contributed by atoms with E-state index in [4.69, 9.17) is 4.52 Å². The number of para-hydroxylation sites is 3. The Morgan fingerprint density at radius 2 is 1.76 bits per heavy atom. The molecule has 0 saturated heterocycles. The van der Waals surface area contributed by atoms with E-state index in [-0.39, 0.29) is 11.4 Å². The third kappa shape index (κ3) is 4.21. The third-order valence-electron chi connectivity index (χ3n) is 3.16. The number of alkyl halides is 3. The molecule has 132 valence electrons. The van der Waals surface area contributed by atoms with Gasteiger partial charge in [0.1, 0.15) is 11.4 Å². The van der Waals surface area contributed by atoms with Crippen molar-refractivity contribution in [3.8, 4) is 5.75 Å². The Hall–Kier alpha value is -2.75. The maximum absolute atomic E-state index is 12.4. The number of hydrogen-bond acceptors (Lipinski definition) is 5. The summed E-state index contributed by atoms with van der Waals surface area (Å²) in [5.74, 6) is -1.21. The predicted molar refractivity (Wildman–Crippen MR) is 83.4 cm³/mol. The van der Waals surface area contributed by atoms with Gasteiger partial charge in [-0.3, -0.25) is 4.72 Å². The highest BCUT2D eigenvalue weighted by Gasteiger charge is 2.32. The molecular formula is C15H11F3N2O4S. The quantitative estimate of drug-likeness (QED) is 0.739. The van der Waals surface area contributed by atoms with Gasteiger partial charge in [0.15, 0.2) is 11.3 Å². The minimum absolute atomic E-state index is 0.150. The van der Waals surface area contributed by atoms with Crippen LogP contribution in [0.15, 0.2) is 53.1 Å². The van der Waals surface area contributed by atoms with E-state index in [1.807, 2.05) is 0 Å². The first-order valence-electron chi connectivity index (χ1n) is 6.92. The van der Waals surface area contributed by atoms with E-state index in [1.165, 1.54) is 18.2 Å². The zero-order valence-corrected chi connectivity index (χ0v) is 13.3. The van der Waals surface area contributed by atoms with Crippen LogP contribution in [0.5, 0.6) is 5.75 Å². The largest absolute Gasteiger partial charge is 0.573 e. The average Bonchev–Trinajstić information content (AvgIpc) is 2.90. The predicted octanol–water partition coefficient (Wildman–Crippen LogP) is 3.67. The summed E-state index contributed by atoms with van der Waals surface area (Å²) in [5.41, 5.74) is 0.235. The molecule has 0 bridgehead atoms. The second-order valence-corrected chi connectivity index (χ2v) is 6.75. The highest BCUT2D eigenvalue weighted by molar-refractivity contribution is 7.91. The lowest BCUT2D eigenvalue weighted by Gasteiger charge is -2.14. The van der Waals surface area contributed by atoms with Crippen molar-refractivity contribution in [1.29, 1.82) is 0 Å². The number of anilines is 1. The van der Waals surface area contributed by atoms with Crippen molar-refractivity contribution in [2.45, 2.75) is 12.1 Å². The number of ether oxygens (including phenoxy) is 1. The van der Waals surface area contributed by atoms with Gasteiger partial charge in [-0.2, -0.15) is 0 Å². The highest BCUT2D eigenvalue weighted by Crippen LogP contribution is 2.31. The summed E-state index contributed by atoms with van der Waals surface area (Å²) >= 11 is 0. The van der Waals surface area contributed by atoms with E-state index >= 15 is 0 Å². The van der Waals surface area contributed by atoms with Crippen LogP contribution in [0.1, 0.15) is 5.69 Å². The number of benzene rings is 2. The summed E-state index contributed by atoms with van der Waals surface area (Å²) in [5, 5.41) is 4.21. The van der Waals surface area contributed by atoms with Gasteiger partial charge < -0.3 is 9.26 Å². The van der Waals surface area contributed by atoms with E-state index in [0.29, 0.717) is 11.0 Å². The Labute approximate surface area is 140 Å². The Balaban J connectivity index is 1.85. The van der Waals surface area contributed by atoms with Crippen molar-refractivity contribution in [2.24, 2.45) is 0 Å². The zero-order chi connectivity index (χ0) is 18.1. The molecule has 0 unspecified atom stereocenters. The van der Waals surface area contributed by atoms with Crippen LogP contribution in [0.2, 0.25) is 0 Å². The van der Waals surface area contributed by atoms with Crippen molar-refractivity contribution < 1.29 is 30.8 Å². The number of halogens is 3. The number of nitrogens with one attached hydrogen (secondary N) is 1. The fraction of sp³-hybridized carbons (Fsp3) is 0.133. The summed E-state index contributed by atoms with van der Waals surface area (Å²) in [4.78, 5) is 0. The van der Waals surface area contributed by atoms with Gasteiger partial charge in [-0.15, -0.1) is 13.2 Å². The van der Waals surface area contributed by atoms with Crippen molar-refractivity contribution >= 4 is 26.7 Å². The summed E-state index contributed by atoms with van der Waals surface area (Å²) in [6.45, 7) is 0. The highest BCUT2D eigenvalue weighted by atomic mass is 32.2. The van der Waals surface area contributed by atoms with Gasteiger partial charge >= 0.3 is 6.36 Å². The molecule has 0 saturated carbocycles. The molecule has 3 rings (SSSR count). The zero-order valence-electron chi connectivity index (χ0n) is 12.4. The number of sulfonamides is 1. The smallest absolute Gasteiger partial charge is 0.404 e. The molecule has 0 aliphatic heterocycles. The number of rotatable bonds is 5. The first-order valence-corrected chi connectivity index (χ1v) is 8.57. The molecule has 0 aliphatic carbocycles. The standard InChI is InChI=1S/C15H11F3N2O4S/c16-15(17,18)23-14-8-4-2-6-11(14)20-25(21,22)9-12-10-5-1-3-7-13(10)24-19-12/h1-8,20H,9H2. The van der Waals surface area contributed by atoms with Crippen LogP contribution in [-0.4, -0.2) is 19.9 Å². The molecule has 0 fully saturated rings. The summed E-state index contributed by atoms with van der Waals surface area (Å²) in [6.07, 6.45) is -4.94.